The Hall–Kier alpha value is -2.24. The van der Waals surface area contributed by atoms with Gasteiger partial charge in [0.2, 0.25) is 0 Å². The molecule has 0 saturated carbocycles. The van der Waals surface area contributed by atoms with Crippen molar-refractivity contribution >= 4 is 23.3 Å². The molecule has 6 nitrogen and oxygen atoms in total. The Morgan fingerprint density at radius 2 is 1.40 bits per heavy atom. The number of rotatable bonds is 6. The van der Waals surface area contributed by atoms with Gasteiger partial charge in [-0.2, -0.15) is 0 Å². The monoisotopic (exact) mass is 282 g/mol. The first-order valence-electron chi connectivity index (χ1n) is 6.29. The first-order chi connectivity index (χ1) is 9.32. The lowest BCUT2D eigenvalue weighted by molar-refractivity contribution is -0.139. The van der Waals surface area contributed by atoms with Gasteiger partial charge in [-0.05, 0) is 37.1 Å². The molecule has 0 radical (unpaired) electrons. The summed E-state index contributed by atoms with van der Waals surface area (Å²) in [4.78, 5) is 21.8. The van der Waals surface area contributed by atoms with E-state index in [9.17, 15) is 9.59 Å². The fourth-order valence-electron chi connectivity index (χ4n) is 1.32. The SMILES string of the molecule is CN(C)c1ccc(N)cc1.O=C(O)CCCCC(=O)O. The van der Waals surface area contributed by atoms with Crippen molar-refractivity contribution < 1.29 is 19.8 Å². The van der Waals surface area contributed by atoms with Crippen LogP contribution in [0.1, 0.15) is 25.7 Å². The number of aliphatic carboxylic acids is 2. The zero-order valence-electron chi connectivity index (χ0n) is 11.9. The minimum atomic E-state index is -0.870. The Balaban J connectivity index is 0.000000361. The number of nitrogens with two attached hydrogens (primary N) is 1. The molecule has 0 bridgehead atoms. The number of carboxylic acids is 2. The molecule has 0 fully saturated rings. The predicted molar refractivity (Wildman–Crippen MR) is 78.9 cm³/mol. The van der Waals surface area contributed by atoms with Gasteiger partial charge in [0.15, 0.2) is 0 Å². The zero-order valence-corrected chi connectivity index (χ0v) is 11.9. The van der Waals surface area contributed by atoms with E-state index in [4.69, 9.17) is 15.9 Å². The van der Waals surface area contributed by atoms with Crippen molar-refractivity contribution in [1.29, 1.82) is 0 Å². The van der Waals surface area contributed by atoms with Crippen LogP contribution in [0.25, 0.3) is 0 Å². The summed E-state index contributed by atoms with van der Waals surface area (Å²) in [6, 6.07) is 7.79. The second-order valence-electron chi connectivity index (χ2n) is 4.48. The van der Waals surface area contributed by atoms with E-state index >= 15 is 0 Å². The fraction of sp³-hybridized carbons (Fsp3) is 0.429. The predicted octanol–water partition coefficient (Wildman–Crippen LogP) is 2.05. The highest BCUT2D eigenvalue weighted by Gasteiger charge is 1.99. The summed E-state index contributed by atoms with van der Waals surface area (Å²) in [6.45, 7) is 0. The van der Waals surface area contributed by atoms with Crippen molar-refractivity contribution in [1.82, 2.24) is 0 Å². The summed E-state index contributed by atoms with van der Waals surface area (Å²) < 4.78 is 0. The van der Waals surface area contributed by atoms with Gasteiger partial charge in [-0.3, -0.25) is 9.59 Å². The fourth-order valence-corrected chi connectivity index (χ4v) is 1.32. The number of hydrogen-bond donors (Lipinski definition) is 3. The first-order valence-corrected chi connectivity index (χ1v) is 6.29. The van der Waals surface area contributed by atoms with E-state index in [0.29, 0.717) is 12.8 Å². The van der Waals surface area contributed by atoms with Gasteiger partial charge in [0, 0.05) is 38.3 Å². The van der Waals surface area contributed by atoms with Crippen LogP contribution in [0.4, 0.5) is 11.4 Å². The van der Waals surface area contributed by atoms with Crippen LogP contribution in [0.15, 0.2) is 24.3 Å². The number of nitrogens with zero attached hydrogens (tertiary/aromatic N) is 1. The molecule has 1 aromatic rings. The summed E-state index contributed by atoms with van der Waals surface area (Å²) in [6.07, 6.45) is 1.02. The third kappa shape index (κ3) is 9.76. The van der Waals surface area contributed by atoms with E-state index < -0.39 is 11.9 Å². The molecule has 0 atom stereocenters. The van der Waals surface area contributed by atoms with Crippen molar-refractivity contribution in [2.45, 2.75) is 25.7 Å². The molecule has 1 aromatic carbocycles. The molecule has 0 spiro atoms. The lowest BCUT2D eigenvalue weighted by Crippen LogP contribution is -2.08. The van der Waals surface area contributed by atoms with E-state index in [2.05, 4.69) is 0 Å². The molecule has 0 aliphatic heterocycles. The Morgan fingerprint density at radius 1 is 1.00 bits per heavy atom. The van der Waals surface area contributed by atoms with Gasteiger partial charge in [0.25, 0.3) is 0 Å². The minimum absolute atomic E-state index is 0.0628. The third-order valence-electron chi connectivity index (χ3n) is 2.44. The van der Waals surface area contributed by atoms with Gasteiger partial charge in [-0.1, -0.05) is 0 Å². The van der Waals surface area contributed by atoms with Crippen LogP contribution >= 0.6 is 0 Å². The Bertz CT molecular complexity index is 400. The average molecular weight is 282 g/mol. The molecule has 20 heavy (non-hydrogen) atoms. The highest BCUT2D eigenvalue weighted by molar-refractivity contribution is 5.67. The molecular formula is C14H22N2O4. The van der Waals surface area contributed by atoms with Crippen LogP contribution in [-0.4, -0.2) is 36.2 Å². The van der Waals surface area contributed by atoms with Gasteiger partial charge in [-0.25, -0.2) is 0 Å². The van der Waals surface area contributed by atoms with Gasteiger partial charge < -0.3 is 20.8 Å². The van der Waals surface area contributed by atoms with Crippen LogP contribution < -0.4 is 10.6 Å². The van der Waals surface area contributed by atoms with Crippen LogP contribution in [0, 0.1) is 0 Å². The standard InChI is InChI=1S/C8H12N2.C6H10O4/c1-10(2)8-5-3-7(9)4-6-8;7-5(8)3-1-2-4-6(9)10/h3-6H,9H2,1-2H3;1-4H2,(H,7,8)(H,9,10). The Morgan fingerprint density at radius 3 is 1.70 bits per heavy atom. The number of hydrogen-bond acceptors (Lipinski definition) is 4. The van der Waals surface area contributed by atoms with Crippen molar-refractivity contribution in [3.05, 3.63) is 24.3 Å². The topological polar surface area (TPSA) is 104 Å². The quantitative estimate of drug-likeness (QED) is 0.545. The summed E-state index contributed by atoms with van der Waals surface area (Å²) in [7, 11) is 4.01. The summed E-state index contributed by atoms with van der Waals surface area (Å²) in [5, 5.41) is 16.3. The maximum absolute atomic E-state index is 9.90. The molecule has 0 heterocycles. The number of anilines is 2. The van der Waals surface area contributed by atoms with Crippen molar-refractivity contribution in [2.24, 2.45) is 0 Å². The number of benzene rings is 1. The van der Waals surface area contributed by atoms with E-state index in [1.54, 1.807) is 0 Å². The van der Waals surface area contributed by atoms with Crippen LogP contribution in [0.2, 0.25) is 0 Å². The summed E-state index contributed by atoms with van der Waals surface area (Å²) >= 11 is 0. The van der Waals surface area contributed by atoms with Gasteiger partial charge >= 0.3 is 11.9 Å². The van der Waals surface area contributed by atoms with Crippen molar-refractivity contribution in [3.8, 4) is 0 Å². The molecule has 0 amide bonds. The molecule has 112 valence electrons. The molecule has 0 aromatic heterocycles. The van der Waals surface area contributed by atoms with Crippen molar-refractivity contribution in [3.63, 3.8) is 0 Å². The normalized spacial score (nSPS) is 9.30. The molecule has 4 N–H and O–H groups in total. The first kappa shape index (κ1) is 17.8. The molecule has 0 aliphatic carbocycles. The molecule has 6 heteroatoms. The lowest BCUT2D eigenvalue weighted by Gasteiger charge is -2.11. The lowest BCUT2D eigenvalue weighted by atomic mass is 10.2. The van der Waals surface area contributed by atoms with Crippen LogP contribution in [0.5, 0.6) is 0 Å². The number of carboxylic acid groups (broad SMARTS) is 2. The van der Waals surface area contributed by atoms with E-state index in [1.165, 1.54) is 5.69 Å². The number of nitrogen functional groups attached to an aromatic ring is 1. The van der Waals surface area contributed by atoms with E-state index in [-0.39, 0.29) is 12.8 Å². The van der Waals surface area contributed by atoms with Gasteiger partial charge in [0.05, 0.1) is 0 Å². The summed E-state index contributed by atoms with van der Waals surface area (Å²) in [5.74, 6) is -1.74. The minimum Gasteiger partial charge on any atom is -0.481 e. The second-order valence-corrected chi connectivity index (χ2v) is 4.48. The van der Waals surface area contributed by atoms with Crippen LogP contribution in [0.3, 0.4) is 0 Å². The van der Waals surface area contributed by atoms with Gasteiger partial charge in [-0.15, -0.1) is 0 Å². The number of unbranched alkanes of at least 4 members (excludes halogenated alkanes) is 1. The number of carbonyl (C=O) groups is 2. The average Bonchev–Trinajstić information content (AvgIpc) is 2.35. The van der Waals surface area contributed by atoms with Gasteiger partial charge in [0.1, 0.15) is 0 Å². The van der Waals surface area contributed by atoms with Crippen molar-refractivity contribution in [2.75, 3.05) is 24.7 Å². The third-order valence-corrected chi connectivity index (χ3v) is 2.44. The molecule has 0 saturated heterocycles. The second kappa shape index (κ2) is 9.66. The molecular weight excluding hydrogens is 260 g/mol. The smallest absolute Gasteiger partial charge is 0.303 e. The van der Waals surface area contributed by atoms with E-state index in [0.717, 1.165) is 5.69 Å². The Kier molecular flexibility index (Phi) is 8.58. The maximum atomic E-state index is 9.90. The highest BCUT2D eigenvalue weighted by Crippen LogP contribution is 2.12. The maximum Gasteiger partial charge on any atom is 0.303 e. The molecule has 0 aliphatic rings. The van der Waals surface area contributed by atoms with E-state index in [1.807, 2.05) is 43.3 Å². The zero-order chi connectivity index (χ0) is 15.5. The largest absolute Gasteiger partial charge is 0.481 e. The Labute approximate surface area is 118 Å². The molecule has 1 rings (SSSR count). The molecule has 0 unspecified atom stereocenters. The van der Waals surface area contributed by atoms with Crippen LogP contribution in [-0.2, 0) is 9.59 Å². The highest BCUT2D eigenvalue weighted by atomic mass is 16.4. The summed E-state index contributed by atoms with van der Waals surface area (Å²) in [5.41, 5.74) is 7.49.